The van der Waals surface area contributed by atoms with Gasteiger partial charge in [-0.1, -0.05) is 40.9 Å². The van der Waals surface area contributed by atoms with Gasteiger partial charge in [0, 0.05) is 6.92 Å². The van der Waals surface area contributed by atoms with Crippen LogP contribution in [0.3, 0.4) is 0 Å². The molecular formula is C17H22BrClO3. The van der Waals surface area contributed by atoms with E-state index in [0.717, 1.165) is 6.42 Å². The molecule has 3 nitrogen and oxygen atoms in total. The zero-order valence-electron chi connectivity index (χ0n) is 12.9. The highest BCUT2D eigenvalue weighted by atomic mass is 79.9. The van der Waals surface area contributed by atoms with Crippen LogP contribution in [0.15, 0.2) is 24.3 Å². The van der Waals surface area contributed by atoms with E-state index >= 15 is 0 Å². The zero-order valence-corrected chi connectivity index (χ0v) is 15.2. The van der Waals surface area contributed by atoms with E-state index in [4.69, 9.17) is 27.5 Å². The molecule has 0 fully saturated rings. The molecule has 0 radical (unpaired) electrons. The van der Waals surface area contributed by atoms with E-state index in [-0.39, 0.29) is 34.5 Å². The quantitative estimate of drug-likeness (QED) is 0.309. The van der Waals surface area contributed by atoms with Crippen LogP contribution in [0.4, 0.5) is 0 Å². The third kappa shape index (κ3) is 6.56. The number of esters is 1. The maximum Gasteiger partial charge on any atom is 0.303 e. The predicted octanol–water partition coefficient (Wildman–Crippen LogP) is 3.99. The van der Waals surface area contributed by atoms with Gasteiger partial charge in [0.1, 0.15) is 6.10 Å². The second-order valence-electron chi connectivity index (χ2n) is 5.15. The van der Waals surface area contributed by atoms with Crippen molar-refractivity contribution in [3.63, 3.8) is 0 Å². The lowest BCUT2D eigenvalue weighted by Gasteiger charge is -2.32. The number of ether oxygens (including phenoxy) is 2. The summed E-state index contributed by atoms with van der Waals surface area (Å²) >= 11 is 10.0. The summed E-state index contributed by atoms with van der Waals surface area (Å²) in [6.07, 6.45) is 14.1. The van der Waals surface area contributed by atoms with Gasteiger partial charge in [0.15, 0.2) is 0 Å². The normalized spacial score (nSPS) is 31.8. The van der Waals surface area contributed by atoms with Crippen molar-refractivity contribution in [2.24, 2.45) is 0 Å². The first-order valence-corrected chi connectivity index (χ1v) is 8.73. The maximum absolute atomic E-state index is 11.2. The monoisotopic (exact) mass is 388 g/mol. The van der Waals surface area contributed by atoms with Gasteiger partial charge in [0.2, 0.25) is 0 Å². The van der Waals surface area contributed by atoms with Crippen LogP contribution >= 0.6 is 27.5 Å². The molecule has 1 rings (SSSR count). The summed E-state index contributed by atoms with van der Waals surface area (Å²) in [6, 6.07) is 0. The average molecular weight is 390 g/mol. The molecule has 1 aliphatic heterocycles. The fourth-order valence-electron chi connectivity index (χ4n) is 2.22. The van der Waals surface area contributed by atoms with Crippen LogP contribution in [-0.2, 0) is 14.3 Å². The molecule has 0 aliphatic carbocycles. The van der Waals surface area contributed by atoms with Crippen molar-refractivity contribution in [2.45, 2.75) is 61.6 Å². The number of hydrogen-bond donors (Lipinski definition) is 0. The van der Waals surface area contributed by atoms with E-state index in [1.165, 1.54) is 6.92 Å². The molecule has 5 heteroatoms. The Morgan fingerprint density at radius 3 is 2.95 bits per heavy atom. The standard InChI is InChI=1S/C17H22BrClO3/c1-4-6-7-8-15(19)17-11-14(18)16(21-12(3)20)10-9-13(5-2)22-17/h1,6-7,9-10,13-17H,5,8,11H2,2-3H3/b7-6-,10-9-/t13-,14-,15?,16-,17-/m1/s1. The number of terminal acetylenes is 1. The summed E-state index contributed by atoms with van der Waals surface area (Å²) in [7, 11) is 0. The topological polar surface area (TPSA) is 35.5 Å². The first kappa shape index (κ1) is 19.3. The molecule has 1 aliphatic rings. The van der Waals surface area contributed by atoms with Crippen molar-refractivity contribution in [1.82, 2.24) is 0 Å². The SMILES string of the molecule is C#C/C=C\CC(Cl)[C@H]1C[C@@H](Br)[C@H](OC(C)=O)/C=C\[C@@H](CC)O1. The first-order valence-electron chi connectivity index (χ1n) is 7.38. The molecule has 0 aromatic carbocycles. The van der Waals surface area contributed by atoms with E-state index < -0.39 is 0 Å². The third-order valence-corrected chi connectivity index (χ3v) is 4.72. The Balaban J connectivity index is 2.83. The molecular weight excluding hydrogens is 368 g/mol. The summed E-state index contributed by atoms with van der Waals surface area (Å²) in [6.45, 7) is 3.45. The van der Waals surface area contributed by atoms with Crippen molar-refractivity contribution in [2.75, 3.05) is 0 Å². The minimum atomic E-state index is -0.317. The van der Waals surface area contributed by atoms with Crippen LogP contribution in [0.5, 0.6) is 0 Å². The Labute approximate surface area is 146 Å². The third-order valence-electron chi connectivity index (χ3n) is 3.36. The molecule has 0 bridgehead atoms. The minimum Gasteiger partial charge on any atom is -0.457 e. The Hall–Kier alpha value is -0.760. The van der Waals surface area contributed by atoms with Crippen molar-refractivity contribution in [3.8, 4) is 12.3 Å². The molecule has 0 spiro atoms. The molecule has 0 saturated carbocycles. The highest BCUT2D eigenvalue weighted by Crippen LogP contribution is 2.28. The lowest BCUT2D eigenvalue weighted by molar-refractivity contribution is -0.144. The van der Waals surface area contributed by atoms with E-state index in [1.807, 2.05) is 25.2 Å². The zero-order chi connectivity index (χ0) is 16.5. The van der Waals surface area contributed by atoms with Crippen LogP contribution in [0, 0.1) is 12.3 Å². The van der Waals surface area contributed by atoms with Crippen LogP contribution < -0.4 is 0 Å². The van der Waals surface area contributed by atoms with Gasteiger partial charge in [0.25, 0.3) is 0 Å². The van der Waals surface area contributed by atoms with Crippen LogP contribution in [0.25, 0.3) is 0 Å². The van der Waals surface area contributed by atoms with Crippen LogP contribution in [0.2, 0.25) is 0 Å². The van der Waals surface area contributed by atoms with Crippen molar-refractivity contribution in [1.29, 1.82) is 0 Å². The number of halogens is 2. The first-order chi connectivity index (χ1) is 10.5. The van der Waals surface area contributed by atoms with Crippen molar-refractivity contribution >= 4 is 33.5 Å². The lowest BCUT2D eigenvalue weighted by Crippen LogP contribution is -2.37. The maximum atomic E-state index is 11.2. The number of alkyl halides is 2. The molecule has 0 saturated heterocycles. The Morgan fingerprint density at radius 1 is 1.64 bits per heavy atom. The van der Waals surface area contributed by atoms with Gasteiger partial charge in [-0.15, -0.1) is 18.0 Å². The largest absolute Gasteiger partial charge is 0.457 e. The van der Waals surface area contributed by atoms with Gasteiger partial charge < -0.3 is 9.47 Å². The molecule has 0 amide bonds. The van der Waals surface area contributed by atoms with Gasteiger partial charge in [0.05, 0.1) is 22.4 Å². The number of carbonyl (C=O) groups excluding carboxylic acids is 1. The Morgan fingerprint density at radius 2 is 2.36 bits per heavy atom. The van der Waals surface area contributed by atoms with Gasteiger partial charge in [-0.3, -0.25) is 4.79 Å². The van der Waals surface area contributed by atoms with Gasteiger partial charge >= 0.3 is 5.97 Å². The molecule has 1 heterocycles. The molecule has 0 N–H and O–H groups in total. The number of rotatable bonds is 5. The van der Waals surface area contributed by atoms with Crippen molar-refractivity contribution < 1.29 is 14.3 Å². The van der Waals surface area contributed by atoms with Crippen LogP contribution in [-0.4, -0.2) is 34.5 Å². The summed E-state index contributed by atoms with van der Waals surface area (Å²) in [5, 5.41) is -0.192. The molecule has 22 heavy (non-hydrogen) atoms. The summed E-state index contributed by atoms with van der Waals surface area (Å²) < 4.78 is 11.4. The van der Waals surface area contributed by atoms with Gasteiger partial charge in [-0.2, -0.15) is 0 Å². The van der Waals surface area contributed by atoms with E-state index in [1.54, 1.807) is 6.08 Å². The fraction of sp³-hybridized carbons (Fsp3) is 0.588. The highest BCUT2D eigenvalue weighted by molar-refractivity contribution is 9.09. The number of hydrogen-bond acceptors (Lipinski definition) is 3. The lowest BCUT2D eigenvalue weighted by atomic mass is 10.0. The van der Waals surface area contributed by atoms with E-state index in [2.05, 4.69) is 21.9 Å². The second-order valence-corrected chi connectivity index (χ2v) is 6.89. The number of carbonyl (C=O) groups is 1. The highest BCUT2D eigenvalue weighted by Gasteiger charge is 2.31. The molecule has 0 aromatic rings. The molecule has 1 unspecified atom stereocenters. The Kier molecular flexibility index (Phi) is 8.85. The number of allylic oxidation sites excluding steroid dienone is 2. The smallest absolute Gasteiger partial charge is 0.303 e. The van der Waals surface area contributed by atoms with Crippen LogP contribution in [0.1, 0.15) is 33.1 Å². The Bertz CT molecular complexity index is 455. The van der Waals surface area contributed by atoms with Crippen molar-refractivity contribution in [3.05, 3.63) is 24.3 Å². The second kappa shape index (κ2) is 10.1. The molecule has 0 aromatic heterocycles. The van der Waals surface area contributed by atoms with Gasteiger partial charge in [-0.05, 0) is 31.4 Å². The summed E-state index contributed by atoms with van der Waals surface area (Å²) in [5.74, 6) is 2.15. The minimum absolute atomic E-state index is 0.0408. The summed E-state index contributed by atoms with van der Waals surface area (Å²) in [4.78, 5) is 11.2. The summed E-state index contributed by atoms with van der Waals surface area (Å²) in [5.41, 5.74) is 0. The van der Waals surface area contributed by atoms with E-state index in [0.29, 0.717) is 12.8 Å². The average Bonchev–Trinajstić information content (AvgIpc) is 2.46. The van der Waals surface area contributed by atoms with Gasteiger partial charge in [-0.25, -0.2) is 0 Å². The van der Waals surface area contributed by atoms with E-state index in [9.17, 15) is 4.79 Å². The fourth-order valence-corrected chi connectivity index (χ4v) is 3.14. The molecule has 122 valence electrons. The molecule has 5 atom stereocenters. The predicted molar refractivity (Wildman–Crippen MR) is 93.2 cm³/mol.